The number of nitrogens with zero attached hydrogens (tertiary/aromatic N) is 1. The zero-order valence-electron chi connectivity index (χ0n) is 12.1. The molecule has 0 aliphatic heterocycles. The molecular formula is C17H21NO. The smallest absolute Gasteiger partial charge is 0.227 e. The summed E-state index contributed by atoms with van der Waals surface area (Å²) < 4.78 is 0. The average molecular weight is 255 g/mol. The summed E-state index contributed by atoms with van der Waals surface area (Å²) in [4.78, 5) is 14.0. The maximum Gasteiger partial charge on any atom is 0.227 e. The third-order valence-electron chi connectivity index (χ3n) is 3.22. The van der Waals surface area contributed by atoms with Gasteiger partial charge in [-0.05, 0) is 22.4 Å². The highest BCUT2D eigenvalue weighted by atomic mass is 16.2. The summed E-state index contributed by atoms with van der Waals surface area (Å²) in [5.41, 5.74) is 0.838. The molecular weight excluding hydrogens is 234 g/mol. The number of rotatable bonds is 2. The monoisotopic (exact) mass is 255 g/mol. The molecule has 0 spiro atoms. The molecule has 19 heavy (non-hydrogen) atoms. The highest BCUT2D eigenvalue weighted by Crippen LogP contribution is 2.20. The van der Waals surface area contributed by atoms with E-state index in [-0.39, 0.29) is 11.3 Å². The fourth-order valence-electron chi connectivity index (χ4n) is 2.26. The Hall–Kier alpha value is -1.83. The SMILES string of the molecule is CN(Cc1ccc2ccccc2c1)C(=O)C(C)(C)C. The molecule has 0 heterocycles. The van der Waals surface area contributed by atoms with Gasteiger partial charge < -0.3 is 4.90 Å². The van der Waals surface area contributed by atoms with Gasteiger partial charge in [0.2, 0.25) is 5.91 Å². The fourth-order valence-corrected chi connectivity index (χ4v) is 2.26. The van der Waals surface area contributed by atoms with E-state index in [9.17, 15) is 4.79 Å². The molecule has 2 aromatic carbocycles. The first-order valence-electron chi connectivity index (χ1n) is 6.61. The van der Waals surface area contributed by atoms with Gasteiger partial charge in [0.1, 0.15) is 0 Å². The Morgan fingerprint density at radius 2 is 1.68 bits per heavy atom. The quantitative estimate of drug-likeness (QED) is 0.798. The van der Waals surface area contributed by atoms with Crippen molar-refractivity contribution in [3.63, 3.8) is 0 Å². The van der Waals surface area contributed by atoms with E-state index in [1.807, 2.05) is 40.0 Å². The van der Waals surface area contributed by atoms with E-state index in [0.717, 1.165) is 0 Å². The standard InChI is InChI=1S/C17H21NO/c1-17(2,3)16(19)18(4)12-13-9-10-14-7-5-6-8-15(14)11-13/h5-11H,12H2,1-4H3. The van der Waals surface area contributed by atoms with Crippen LogP contribution in [0, 0.1) is 5.41 Å². The molecule has 2 heteroatoms. The molecule has 0 saturated carbocycles. The van der Waals surface area contributed by atoms with Crippen LogP contribution in [0.2, 0.25) is 0 Å². The number of amides is 1. The molecule has 2 nitrogen and oxygen atoms in total. The predicted molar refractivity (Wildman–Crippen MR) is 79.9 cm³/mol. The molecule has 0 radical (unpaired) electrons. The van der Waals surface area contributed by atoms with Gasteiger partial charge in [0, 0.05) is 19.0 Å². The minimum atomic E-state index is -0.328. The van der Waals surface area contributed by atoms with E-state index in [4.69, 9.17) is 0 Å². The second-order valence-corrected chi connectivity index (χ2v) is 6.09. The van der Waals surface area contributed by atoms with Crippen LogP contribution in [0.1, 0.15) is 26.3 Å². The minimum absolute atomic E-state index is 0.167. The summed E-state index contributed by atoms with van der Waals surface area (Å²) in [7, 11) is 1.86. The molecule has 0 N–H and O–H groups in total. The van der Waals surface area contributed by atoms with E-state index in [0.29, 0.717) is 6.54 Å². The Bertz CT molecular complexity index is 595. The zero-order valence-corrected chi connectivity index (χ0v) is 12.1. The molecule has 0 fully saturated rings. The van der Waals surface area contributed by atoms with Gasteiger partial charge in [-0.15, -0.1) is 0 Å². The lowest BCUT2D eigenvalue weighted by Gasteiger charge is -2.26. The first-order valence-corrected chi connectivity index (χ1v) is 6.61. The molecule has 0 bridgehead atoms. The highest BCUT2D eigenvalue weighted by Gasteiger charge is 2.24. The molecule has 0 aliphatic rings. The van der Waals surface area contributed by atoms with Gasteiger partial charge in [-0.2, -0.15) is 0 Å². The van der Waals surface area contributed by atoms with Gasteiger partial charge >= 0.3 is 0 Å². The van der Waals surface area contributed by atoms with Gasteiger partial charge in [0.25, 0.3) is 0 Å². The Balaban J connectivity index is 2.19. The summed E-state index contributed by atoms with van der Waals surface area (Å²) in [6, 6.07) is 14.6. The lowest BCUT2D eigenvalue weighted by atomic mass is 9.94. The minimum Gasteiger partial charge on any atom is -0.341 e. The molecule has 0 aromatic heterocycles. The first-order chi connectivity index (χ1) is 8.88. The Morgan fingerprint density at radius 3 is 2.32 bits per heavy atom. The van der Waals surface area contributed by atoms with Crippen LogP contribution in [-0.4, -0.2) is 17.9 Å². The maximum atomic E-state index is 12.2. The summed E-state index contributed by atoms with van der Waals surface area (Å²) in [5.74, 6) is 0.167. The number of fused-ring (bicyclic) bond motifs is 1. The van der Waals surface area contributed by atoms with Crippen molar-refractivity contribution in [2.75, 3.05) is 7.05 Å². The van der Waals surface area contributed by atoms with Gasteiger partial charge in [0.05, 0.1) is 0 Å². The van der Waals surface area contributed by atoms with Gasteiger partial charge in [-0.3, -0.25) is 4.79 Å². The van der Waals surface area contributed by atoms with Crippen LogP contribution < -0.4 is 0 Å². The number of hydrogen-bond donors (Lipinski definition) is 0. The molecule has 0 atom stereocenters. The highest BCUT2D eigenvalue weighted by molar-refractivity contribution is 5.84. The lowest BCUT2D eigenvalue weighted by molar-refractivity contribution is -0.138. The molecule has 0 aliphatic carbocycles. The van der Waals surface area contributed by atoms with Crippen molar-refractivity contribution in [3.05, 3.63) is 48.0 Å². The van der Waals surface area contributed by atoms with Crippen molar-refractivity contribution in [1.82, 2.24) is 4.90 Å². The average Bonchev–Trinajstić information content (AvgIpc) is 2.36. The second kappa shape index (κ2) is 5.04. The molecule has 2 rings (SSSR count). The molecule has 0 saturated heterocycles. The summed E-state index contributed by atoms with van der Waals surface area (Å²) in [6.45, 7) is 6.51. The molecule has 2 aromatic rings. The third-order valence-corrected chi connectivity index (χ3v) is 3.22. The van der Waals surface area contributed by atoms with Crippen molar-refractivity contribution < 1.29 is 4.79 Å². The van der Waals surface area contributed by atoms with E-state index in [2.05, 4.69) is 30.3 Å². The lowest BCUT2D eigenvalue weighted by Crippen LogP contribution is -2.36. The molecule has 0 unspecified atom stereocenters. The summed E-state index contributed by atoms with van der Waals surface area (Å²) >= 11 is 0. The second-order valence-electron chi connectivity index (χ2n) is 6.09. The maximum absolute atomic E-state index is 12.2. The number of benzene rings is 2. The predicted octanol–water partition coefficient (Wildman–Crippen LogP) is 3.84. The number of carbonyl (C=O) groups excluding carboxylic acids is 1. The van der Waals surface area contributed by atoms with E-state index < -0.39 is 0 Å². The van der Waals surface area contributed by atoms with Gasteiger partial charge in [-0.1, -0.05) is 57.2 Å². The van der Waals surface area contributed by atoms with Crippen LogP contribution in [0.4, 0.5) is 0 Å². The van der Waals surface area contributed by atoms with Crippen LogP contribution in [0.5, 0.6) is 0 Å². The Labute approximate surface area is 115 Å². The molecule has 1 amide bonds. The van der Waals surface area contributed by atoms with Crippen LogP contribution in [0.3, 0.4) is 0 Å². The summed E-state index contributed by atoms with van der Waals surface area (Å²) in [6.07, 6.45) is 0. The van der Waals surface area contributed by atoms with E-state index in [1.54, 1.807) is 4.90 Å². The van der Waals surface area contributed by atoms with Crippen molar-refractivity contribution in [2.24, 2.45) is 5.41 Å². The Kier molecular flexibility index (Phi) is 3.61. The normalized spacial score (nSPS) is 11.6. The largest absolute Gasteiger partial charge is 0.341 e. The van der Waals surface area contributed by atoms with Crippen molar-refractivity contribution >= 4 is 16.7 Å². The van der Waals surface area contributed by atoms with Crippen molar-refractivity contribution in [3.8, 4) is 0 Å². The fraction of sp³-hybridized carbons (Fsp3) is 0.353. The zero-order chi connectivity index (χ0) is 14.0. The van der Waals surface area contributed by atoms with Gasteiger partial charge in [-0.25, -0.2) is 0 Å². The van der Waals surface area contributed by atoms with E-state index in [1.165, 1.54) is 16.3 Å². The van der Waals surface area contributed by atoms with Crippen LogP contribution >= 0.6 is 0 Å². The van der Waals surface area contributed by atoms with Gasteiger partial charge in [0.15, 0.2) is 0 Å². The molecule has 100 valence electrons. The third kappa shape index (κ3) is 3.14. The topological polar surface area (TPSA) is 20.3 Å². The van der Waals surface area contributed by atoms with Crippen molar-refractivity contribution in [1.29, 1.82) is 0 Å². The summed E-state index contributed by atoms with van der Waals surface area (Å²) in [5, 5.41) is 2.45. The van der Waals surface area contributed by atoms with Crippen LogP contribution in [0.15, 0.2) is 42.5 Å². The number of hydrogen-bond acceptors (Lipinski definition) is 1. The number of carbonyl (C=O) groups is 1. The van der Waals surface area contributed by atoms with Crippen LogP contribution in [-0.2, 0) is 11.3 Å². The van der Waals surface area contributed by atoms with E-state index >= 15 is 0 Å². The first kappa shape index (κ1) is 13.6. The Morgan fingerprint density at radius 1 is 1.05 bits per heavy atom. The van der Waals surface area contributed by atoms with Crippen LogP contribution in [0.25, 0.3) is 10.8 Å². The van der Waals surface area contributed by atoms with Crippen molar-refractivity contribution in [2.45, 2.75) is 27.3 Å².